The molecule has 8 heteroatoms. The fourth-order valence-corrected chi connectivity index (χ4v) is 3.15. The highest BCUT2D eigenvalue weighted by atomic mass is 35.5. The fraction of sp³-hybridized carbons (Fsp3) is 0.136. The third-order valence-electron chi connectivity index (χ3n) is 4.27. The predicted molar refractivity (Wildman–Crippen MR) is 115 cm³/mol. The standard InChI is InChI=1S/C22H19ClN4O3/c23-17-12-15(7-8-19(17)30-13-16-4-1-2-9-24-16)27-22-21-18(25-14-26-22)5-3-6-20(21)29-11-10-28/h1-9,12,14,28H,10-11,13H2,(H,25,26,27). The van der Waals surface area contributed by atoms with Crippen LogP contribution in [0.15, 0.2) is 67.1 Å². The molecule has 0 radical (unpaired) electrons. The van der Waals surface area contributed by atoms with Crippen LogP contribution in [-0.4, -0.2) is 33.3 Å². The number of aliphatic hydroxyl groups is 1. The number of anilines is 2. The van der Waals surface area contributed by atoms with Crippen molar-refractivity contribution in [3.63, 3.8) is 0 Å². The van der Waals surface area contributed by atoms with Crippen LogP contribution in [-0.2, 0) is 6.61 Å². The van der Waals surface area contributed by atoms with Gasteiger partial charge >= 0.3 is 0 Å². The minimum atomic E-state index is -0.0809. The van der Waals surface area contributed by atoms with Crippen molar-refractivity contribution in [2.75, 3.05) is 18.5 Å². The SMILES string of the molecule is OCCOc1cccc2ncnc(Nc3ccc(OCc4ccccn4)c(Cl)c3)c12. The van der Waals surface area contributed by atoms with Gasteiger partial charge in [-0.1, -0.05) is 23.7 Å². The van der Waals surface area contributed by atoms with E-state index in [1.807, 2.05) is 42.5 Å². The number of rotatable bonds is 8. The first-order valence-corrected chi connectivity index (χ1v) is 9.69. The highest BCUT2D eigenvalue weighted by Crippen LogP contribution is 2.34. The van der Waals surface area contributed by atoms with Crippen LogP contribution < -0.4 is 14.8 Å². The van der Waals surface area contributed by atoms with E-state index in [0.29, 0.717) is 28.9 Å². The topological polar surface area (TPSA) is 89.4 Å². The van der Waals surface area contributed by atoms with Crippen molar-refractivity contribution in [2.24, 2.45) is 0 Å². The summed E-state index contributed by atoms with van der Waals surface area (Å²) < 4.78 is 11.4. The number of fused-ring (bicyclic) bond motifs is 1. The monoisotopic (exact) mass is 422 g/mol. The summed E-state index contributed by atoms with van der Waals surface area (Å²) in [7, 11) is 0. The van der Waals surface area contributed by atoms with Gasteiger partial charge in [0, 0.05) is 11.9 Å². The average molecular weight is 423 g/mol. The Morgan fingerprint density at radius 3 is 2.67 bits per heavy atom. The van der Waals surface area contributed by atoms with Crippen LogP contribution in [0.25, 0.3) is 10.9 Å². The molecule has 0 unspecified atom stereocenters. The van der Waals surface area contributed by atoms with Crippen LogP contribution >= 0.6 is 11.6 Å². The van der Waals surface area contributed by atoms with Gasteiger partial charge in [0.1, 0.15) is 36.9 Å². The van der Waals surface area contributed by atoms with Crippen molar-refractivity contribution in [3.8, 4) is 11.5 Å². The first kappa shape index (κ1) is 19.9. The Morgan fingerprint density at radius 2 is 1.87 bits per heavy atom. The summed E-state index contributed by atoms with van der Waals surface area (Å²) in [5.74, 6) is 1.73. The Labute approximate surface area is 178 Å². The summed E-state index contributed by atoms with van der Waals surface area (Å²) in [6, 6.07) is 16.6. The molecule has 0 aliphatic rings. The van der Waals surface area contributed by atoms with Crippen molar-refractivity contribution in [2.45, 2.75) is 6.61 Å². The number of hydrogen-bond donors (Lipinski definition) is 2. The molecule has 4 aromatic rings. The number of halogens is 1. The zero-order valence-corrected chi connectivity index (χ0v) is 16.7. The lowest BCUT2D eigenvalue weighted by molar-refractivity contribution is 0.203. The molecule has 0 bridgehead atoms. The normalized spacial score (nSPS) is 10.7. The van der Waals surface area contributed by atoms with E-state index in [0.717, 1.165) is 22.3 Å². The number of aliphatic hydroxyl groups excluding tert-OH is 1. The molecule has 2 aromatic heterocycles. The van der Waals surface area contributed by atoms with E-state index in [-0.39, 0.29) is 13.2 Å². The summed E-state index contributed by atoms with van der Waals surface area (Å²) >= 11 is 6.41. The Bertz CT molecular complexity index is 1140. The van der Waals surface area contributed by atoms with Crippen molar-refractivity contribution >= 4 is 34.0 Å². The molecule has 0 saturated carbocycles. The number of aromatic nitrogens is 3. The summed E-state index contributed by atoms with van der Waals surface area (Å²) in [5.41, 5.74) is 2.28. The Hall–Kier alpha value is -3.42. The first-order valence-electron chi connectivity index (χ1n) is 9.31. The van der Waals surface area contributed by atoms with E-state index in [9.17, 15) is 0 Å². The van der Waals surface area contributed by atoms with Gasteiger partial charge in [-0.05, 0) is 42.5 Å². The second-order valence-corrected chi connectivity index (χ2v) is 6.73. The molecule has 152 valence electrons. The van der Waals surface area contributed by atoms with Gasteiger partial charge in [-0.25, -0.2) is 9.97 Å². The van der Waals surface area contributed by atoms with Crippen LogP contribution in [0, 0.1) is 0 Å². The highest BCUT2D eigenvalue weighted by Gasteiger charge is 2.11. The zero-order chi connectivity index (χ0) is 20.8. The molecule has 30 heavy (non-hydrogen) atoms. The molecule has 0 spiro atoms. The quantitative estimate of drug-likeness (QED) is 0.435. The van der Waals surface area contributed by atoms with Gasteiger partial charge in [0.25, 0.3) is 0 Å². The molecule has 2 N–H and O–H groups in total. The molecule has 0 aliphatic carbocycles. The number of pyridine rings is 1. The molecule has 0 atom stereocenters. The van der Waals surface area contributed by atoms with Gasteiger partial charge in [-0.15, -0.1) is 0 Å². The number of hydrogen-bond acceptors (Lipinski definition) is 7. The summed E-state index contributed by atoms with van der Waals surface area (Å²) in [5, 5.41) is 13.5. The Kier molecular flexibility index (Phi) is 6.22. The van der Waals surface area contributed by atoms with Crippen LogP contribution in [0.4, 0.5) is 11.5 Å². The highest BCUT2D eigenvalue weighted by molar-refractivity contribution is 6.32. The summed E-state index contributed by atoms with van der Waals surface area (Å²) in [6.07, 6.45) is 3.20. The summed E-state index contributed by atoms with van der Waals surface area (Å²) in [6.45, 7) is 0.430. The zero-order valence-electron chi connectivity index (χ0n) is 16.0. The molecule has 0 saturated heterocycles. The van der Waals surface area contributed by atoms with Crippen molar-refractivity contribution < 1.29 is 14.6 Å². The van der Waals surface area contributed by atoms with Crippen molar-refractivity contribution in [1.29, 1.82) is 0 Å². The van der Waals surface area contributed by atoms with E-state index >= 15 is 0 Å². The van der Waals surface area contributed by atoms with Gasteiger partial charge in [-0.3, -0.25) is 4.98 Å². The van der Waals surface area contributed by atoms with Gasteiger partial charge < -0.3 is 19.9 Å². The summed E-state index contributed by atoms with van der Waals surface area (Å²) in [4.78, 5) is 12.9. The molecular formula is C22H19ClN4O3. The van der Waals surface area contributed by atoms with Gasteiger partial charge in [0.15, 0.2) is 0 Å². The smallest absolute Gasteiger partial charge is 0.145 e. The number of nitrogens with one attached hydrogen (secondary N) is 1. The molecule has 7 nitrogen and oxygen atoms in total. The van der Waals surface area contributed by atoms with E-state index in [2.05, 4.69) is 20.3 Å². The maximum atomic E-state index is 9.07. The lowest BCUT2D eigenvalue weighted by Crippen LogP contribution is -2.04. The minimum Gasteiger partial charge on any atom is -0.490 e. The molecule has 2 heterocycles. The molecular weight excluding hydrogens is 404 g/mol. The molecule has 4 rings (SSSR count). The Morgan fingerprint density at radius 1 is 0.933 bits per heavy atom. The van der Waals surface area contributed by atoms with E-state index in [1.54, 1.807) is 18.3 Å². The Balaban J connectivity index is 1.55. The third kappa shape index (κ3) is 4.59. The van der Waals surface area contributed by atoms with Crippen LogP contribution in [0.5, 0.6) is 11.5 Å². The van der Waals surface area contributed by atoms with Crippen molar-refractivity contribution in [1.82, 2.24) is 15.0 Å². The van der Waals surface area contributed by atoms with Crippen LogP contribution in [0.3, 0.4) is 0 Å². The maximum Gasteiger partial charge on any atom is 0.145 e. The van der Waals surface area contributed by atoms with E-state index < -0.39 is 0 Å². The van der Waals surface area contributed by atoms with Crippen LogP contribution in [0.2, 0.25) is 5.02 Å². The van der Waals surface area contributed by atoms with Crippen LogP contribution in [0.1, 0.15) is 5.69 Å². The molecule has 0 fully saturated rings. The predicted octanol–water partition coefficient (Wildman–Crippen LogP) is 4.37. The average Bonchev–Trinajstić information content (AvgIpc) is 2.78. The third-order valence-corrected chi connectivity index (χ3v) is 4.57. The molecule has 2 aromatic carbocycles. The largest absolute Gasteiger partial charge is 0.490 e. The van der Waals surface area contributed by atoms with E-state index in [4.69, 9.17) is 26.2 Å². The second kappa shape index (κ2) is 9.39. The fourth-order valence-electron chi connectivity index (χ4n) is 2.92. The maximum absolute atomic E-state index is 9.07. The van der Waals surface area contributed by atoms with E-state index in [1.165, 1.54) is 6.33 Å². The van der Waals surface area contributed by atoms with Gasteiger partial charge in [0.2, 0.25) is 0 Å². The number of benzene rings is 2. The molecule has 0 amide bonds. The number of ether oxygens (including phenoxy) is 2. The minimum absolute atomic E-state index is 0.0809. The second-order valence-electron chi connectivity index (χ2n) is 6.32. The van der Waals surface area contributed by atoms with Crippen molar-refractivity contribution in [3.05, 3.63) is 77.8 Å². The van der Waals surface area contributed by atoms with Gasteiger partial charge in [0.05, 0.1) is 28.2 Å². The molecule has 0 aliphatic heterocycles. The van der Waals surface area contributed by atoms with Gasteiger partial charge in [-0.2, -0.15) is 0 Å². The lowest BCUT2D eigenvalue weighted by atomic mass is 10.2. The lowest BCUT2D eigenvalue weighted by Gasteiger charge is -2.13. The number of nitrogens with zero attached hydrogens (tertiary/aromatic N) is 3. The first-order chi connectivity index (χ1) is 14.7.